The van der Waals surface area contributed by atoms with Gasteiger partial charge in [0.15, 0.2) is 6.29 Å². The van der Waals surface area contributed by atoms with E-state index in [4.69, 9.17) is 4.74 Å². The van der Waals surface area contributed by atoms with E-state index in [1.54, 1.807) is 13.2 Å². The van der Waals surface area contributed by atoms with Crippen LogP contribution in [0, 0.1) is 0 Å². The van der Waals surface area contributed by atoms with Crippen LogP contribution < -0.4 is 4.74 Å². The molecule has 0 aliphatic heterocycles. The molecule has 1 rings (SSSR count). The largest absolute Gasteiger partial charge is 0.495 e. The molecule has 2 nitrogen and oxygen atoms in total. The second-order valence-electron chi connectivity index (χ2n) is 1.47. The molecule has 9 heavy (non-hydrogen) atoms. The molecule has 0 saturated carbocycles. The van der Waals surface area contributed by atoms with Gasteiger partial charge in [0.2, 0.25) is 0 Å². The van der Waals surface area contributed by atoms with Crippen LogP contribution in [0.3, 0.4) is 0 Å². The topological polar surface area (TPSA) is 26.3 Å². The van der Waals surface area contributed by atoms with Gasteiger partial charge < -0.3 is 4.74 Å². The Morgan fingerprint density at radius 2 is 2.56 bits per heavy atom. The Morgan fingerprint density at radius 3 is 3.00 bits per heavy atom. The summed E-state index contributed by atoms with van der Waals surface area (Å²) in [5.41, 5.74) is 0. The molecule has 0 unspecified atom stereocenters. The monoisotopic (exact) mass is 142 g/mol. The van der Waals surface area contributed by atoms with Crippen molar-refractivity contribution in [2.45, 2.75) is 0 Å². The Balaban J connectivity index is 2.98. The molecule has 0 aliphatic carbocycles. The summed E-state index contributed by atoms with van der Waals surface area (Å²) in [5.74, 6) is 0.662. The van der Waals surface area contributed by atoms with E-state index in [2.05, 4.69) is 0 Å². The summed E-state index contributed by atoms with van der Waals surface area (Å²) in [6.45, 7) is 0. The summed E-state index contributed by atoms with van der Waals surface area (Å²) in [4.78, 5) is 10.8. The number of carbonyl (C=O) groups excluding carboxylic acids is 1. The van der Waals surface area contributed by atoms with Crippen LogP contribution in [0.25, 0.3) is 0 Å². The van der Waals surface area contributed by atoms with E-state index in [1.165, 1.54) is 11.3 Å². The average molecular weight is 142 g/mol. The second kappa shape index (κ2) is 2.64. The molecule has 48 valence electrons. The number of carbonyl (C=O) groups is 1. The number of hydrogen-bond donors (Lipinski definition) is 0. The van der Waals surface area contributed by atoms with Crippen molar-refractivity contribution < 1.29 is 9.53 Å². The first-order valence-electron chi connectivity index (χ1n) is 2.45. The lowest BCUT2D eigenvalue weighted by Crippen LogP contribution is -1.82. The van der Waals surface area contributed by atoms with Gasteiger partial charge in [-0.3, -0.25) is 4.79 Å². The van der Waals surface area contributed by atoms with E-state index in [1.807, 2.05) is 5.38 Å². The smallest absolute Gasteiger partial charge is 0.163 e. The summed E-state index contributed by atoms with van der Waals surface area (Å²) in [6, 6.07) is 1.77. The minimum atomic E-state index is 0.650. The fraction of sp³-hybridized carbons (Fsp3) is 0.167. The molecule has 0 saturated heterocycles. The van der Waals surface area contributed by atoms with Gasteiger partial charge in [-0.15, -0.1) is 11.3 Å². The lowest BCUT2D eigenvalue weighted by Gasteiger charge is -1.92. The highest BCUT2D eigenvalue weighted by Crippen LogP contribution is 2.21. The van der Waals surface area contributed by atoms with Crippen molar-refractivity contribution in [1.82, 2.24) is 0 Å². The Labute approximate surface area is 57.1 Å². The van der Waals surface area contributed by atoms with Gasteiger partial charge >= 0.3 is 0 Å². The summed E-state index contributed by atoms with van der Waals surface area (Å²) < 4.78 is 4.86. The van der Waals surface area contributed by atoms with E-state index in [9.17, 15) is 4.79 Å². The lowest BCUT2D eigenvalue weighted by atomic mass is 10.5. The van der Waals surface area contributed by atoms with Gasteiger partial charge in [-0.25, -0.2) is 0 Å². The molecule has 0 N–H and O–H groups in total. The first kappa shape index (κ1) is 6.29. The first-order chi connectivity index (χ1) is 4.38. The average Bonchev–Trinajstić information content (AvgIpc) is 2.33. The fourth-order valence-electron chi connectivity index (χ4n) is 0.564. The number of ether oxygens (including phenoxy) is 1. The van der Waals surface area contributed by atoms with Gasteiger partial charge in [0.05, 0.1) is 7.11 Å². The minimum Gasteiger partial charge on any atom is -0.495 e. The van der Waals surface area contributed by atoms with E-state index >= 15 is 0 Å². The van der Waals surface area contributed by atoms with Crippen LogP contribution in [-0.4, -0.2) is 13.4 Å². The van der Waals surface area contributed by atoms with Crippen LogP contribution in [0.4, 0.5) is 0 Å². The highest BCUT2D eigenvalue weighted by Gasteiger charge is 1.99. The number of thiophene rings is 1. The second-order valence-corrected chi connectivity index (χ2v) is 2.42. The number of hydrogen-bond acceptors (Lipinski definition) is 3. The molecule has 0 radical (unpaired) electrons. The summed E-state index contributed by atoms with van der Waals surface area (Å²) in [5, 5.41) is 1.82. The van der Waals surface area contributed by atoms with E-state index in [0.29, 0.717) is 10.6 Å². The third kappa shape index (κ3) is 1.10. The van der Waals surface area contributed by atoms with Crippen LogP contribution >= 0.6 is 11.3 Å². The van der Waals surface area contributed by atoms with Gasteiger partial charge in [0.1, 0.15) is 10.6 Å². The molecule has 0 aromatic carbocycles. The fourth-order valence-corrected chi connectivity index (χ4v) is 1.23. The quantitative estimate of drug-likeness (QED) is 0.586. The summed E-state index contributed by atoms with van der Waals surface area (Å²) in [7, 11) is 1.55. The van der Waals surface area contributed by atoms with Crippen LogP contribution in [0.5, 0.6) is 5.75 Å². The predicted octanol–water partition coefficient (Wildman–Crippen LogP) is 1.57. The van der Waals surface area contributed by atoms with Crippen LogP contribution in [0.2, 0.25) is 0 Å². The molecule has 1 heterocycles. The highest BCUT2D eigenvalue weighted by atomic mass is 32.1. The zero-order valence-corrected chi connectivity index (χ0v) is 5.77. The SMILES string of the molecule is COc1ccsc1C=O. The maximum atomic E-state index is 10.2. The van der Waals surface area contributed by atoms with Crippen LogP contribution in [0.1, 0.15) is 9.67 Å². The van der Waals surface area contributed by atoms with Gasteiger partial charge in [-0.1, -0.05) is 0 Å². The van der Waals surface area contributed by atoms with E-state index in [0.717, 1.165) is 6.29 Å². The summed E-state index contributed by atoms with van der Waals surface area (Å²) >= 11 is 1.38. The Hall–Kier alpha value is -0.830. The molecule has 0 fully saturated rings. The summed E-state index contributed by atoms with van der Waals surface area (Å²) in [6.07, 6.45) is 0.795. The maximum absolute atomic E-state index is 10.2. The Kier molecular flexibility index (Phi) is 1.85. The molecule has 1 aromatic rings. The zero-order valence-electron chi connectivity index (χ0n) is 4.96. The molecule has 0 bridgehead atoms. The predicted molar refractivity (Wildman–Crippen MR) is 36.3 cm³/mol. The molecular formula is C6H6O2S. The zero-order chi connectivity index (χ0) is 6.69. The number of methoxy groups -OCH3 is 1. The molecule has 0 amide bonds. The van der Waals surface area contributed by atoms with Crippen LogP contribution in [0.15, 0.2) is 11.4 Å². The third-order valence-corrected chi connectivity index (χ3v) is 1.81. The van der Waals surface area contributed by atoms with Crippen LogP contribution in [-0.2, 0) is 0 Å². The third-order valence-electron chi connectivity index (χ3n) is 0.984. The van der Waals surface area contributed by atoms with Crippen molar-refractivity contribution in [3.63, 3.8) is 0 Å². The maximum Gasteiger partial charge on any atom is 0.163 e. The van der Waals surface area contributed by atoms with Gasteiger partial charge in [0, 0.05) is 0 Å². The lowest BCUT2D eigenvalue weighted by molar-refractivity contribution is 0.112. The Morgan fingerprint density at radius 1 is 1.78 bits per heavy atom. The number of rotatable bonds is 2. The van der Waals surface area contributed by atoms with Crippen molar-refractivity contribution in [2.24, 2.45) is 0 Å². The molecule has 3 heteroatoms. The normalized spacial score (nSPS) is 9.00. The van der Waals surface area contributed by atoms with Crippen molar-refractivity contribution >= 4 is 17.6 Å². The van der Waals surface area contributed by atoms with Crippen molar-refractivity contribution in [3.05, 3.63) is 16.3 Å². The molecular weight excluding hydrogens is 136 g/mol. The van der Waals surface area contributed by atoms with Gasteiger partial charge in [-0.2, -0.15) is 0 Å². The molecule has 0 spiro atoms. The van der Waals surface area contributed by atoms with Crippen molar-refractivity contribution in [1.29, 1.82) is 0 Å². The molecule has 1 aromatic heterocycles. The standard InChI is InChI=1S/C6H6O2S/c1-8-5-2-3-9-6(5)4-7/h2-4H,1H3. The van der Waals surface area contributed by atoms with Crippen molar-refractivity contribution in [3.8, 4) is 5.75 Å². The van der Waals surface area contributed by atoms with E-state index < -0.39 is 0 Å². The molecule has 0 atom stereocenters. The molecule has 0 aliphatic rings. The van der Waals surface area contributed by atoms with E-state index in [-0.39, 0.29) is 0 Å². The first-order valence-corrected chi connectivity index (χ1v) is 3.33. The highest BCUT2D eigenvalue weighted by molar-refractivity contribution is 7.12. The van der Waals surface area contributed by atoms with Gasteiger partial charge in [-0.05, 0) is 11.4 Å². The Bertz CT molecular complexity index is 205. The number of aldehydes is 1. The minimum absolute atomic E-state index is 0.650. The van der Waals surface area contributed by atoms with Crippen molar-refractivity contribution in [2.75, 3.05) is 7.11 Å². The van der Waals surface area contributed by atoms with Gasteiger partial charge in [0.25, 0.3) is 0 Å².